The van der Waals surface area contributed by atoms with Crippen molar-refractivity contribution in [2.75, 3.05) is 19.6 Å². The number of nitrogens with zero attached hydrogens (tertiary/aromatic N) is 2. The van der Waals surface area contributed by atoms with Gasteiger partial charge < -0.3 is 15.5 Å². The Kier molecular flexibility index (Phi) is 11.3. The second-order valence-corrected chi connectivity index (χ2v) is 8.47. The van der Waals surface area contributed by atoms with Crippen LogP contribution in [0.5, 0.6) is 0 Å². The Morgan fingerprint density at radius 2 is 1.38 bits per heavy atom. The van der Waals surface area contributed by atoms with Crippen LogP contribution in [0, 0.1) is 0 Å². The van der Waals surface area contributed by atoms with Gasteiger partial charge in [0, 0.05) is 57.2 Å². The zero-order chi connectivity index (χ0) is 27.4. The van der Waals surface area contributed by atoms with Crippen molar-refractivity contribution in [3.05, 3.63) is 24.4 Å². The van der Waals surface area contributed by atoms with Crippen LogP contribution in [-0.4, -0.2) is 76.7 Å². The quantitative estimate of drug-likeness (QED) is 0.258. The number of rotatable bonds is 16. The maximum absolute atomic E-state index is 11.9. The first-order valence-corrected chi connectivity index (χ1v) is 11.9. The third kappa shape index (κ3) is 10.2. The standard InChI is InChI=1S/C24H30N4O9/c1-16-7-10-23(35)28(16)37-24(36)6-2-4-17(29)14-26-20(32)9-8-18(30)15-25-19(31)5-3-13-27-21(33)11-12-22(27)34/h11-12H,1-10,13-15H2,(H,25,31)(H,26,32). The molecule has 0 atom stereocenters. The number of amides is 5. The molecule has 5 amide bonds. The lowest BCUT2D eigenvalue weighted by atomic mass is 10.1. The van der Waals surface area contributed by atoms with Gasteiger partial charge in [-0.1, -0.05) is 6.58 Å². The monoisotopic (exact) mass is 518 g/mol. The highest BCUT2D eigenvalue weighted by atomic mass is 16.7. The summed E-state index contributed by atoms with van der Waals surface area (Å²) in [5, 5.41) is 5.69. The molecule has 1 saturated heterocycles. The molecule has 200 valence electrons. The van der Waals surface area contributed by atoms with Crippen LogP contribution in [0.4, 0.5) is 0 Å². The fourth-order valence-corrected chi connectivity index (χ4v) is 3.37. The van der Waals surface area contributed by atoms with Gasteiger partial charge in [-0.25, -0.2) is 4.79 Å². The number of nitrogens with one attached hydrogen (secondary N) is 2. The maximum atomic E-state index is 11.9. The molecular formula is C24H30N4O9. The van der Waals surface area contributed by atoms with Gasteiger partial charge in [0.1, 0.15) is 0 Å². The van der Waals surface area contributed by atoms with E-state index in [1.807, 2.05) is 0 Å². The fourth-order valence-electron chi connectivity index (χ4n) is 3.37. The Hall–Kier alpha value is -4.16. The lowest BCUT2D eigenvalue weighted by Crippen LogP contribution is -2.34. The molecule has 2 aliphatic rings. The molecule has 0 spiro atoms. The number of ketones is 2. The zero-order valence-corrected chi connectivity index (χ0v) is 20.4. The first kappa shape index (κ1) is 29.1. The molecule has 2 heterocycles. The number of hydroxylamine groups is 2. The first-order chi connectivity index (χ1) is 17.6. The summed E-state index contributed by atoms with van der Waals surface area (Å²) >= 11 is 0. The molecule has 0 aromatic rings. The lowest BCUT2D eigenvalue weighted by Gasteiger charge is -2.15. The van der Waals surface area contributed by atoms with E-state index in [2.05, 4.69) is 17.2 Å². The minimum absolute atomic E-state index is 0.0197. The Morgan fingerprint density at radius 3 is 1.97 bits per heavy atom. The molecule has 0 unspecified atom stereocenters. The summed E-state index contributed by atoms with van der Waals surface area (Å²) in [5.74, 6) is -3.47. The second kappa shape index (κ2) is 14.4. The van der Waals surface area contributed by atoms with Gasteiger partial charge in [-0.15, -0.1) is 5.06 Å². The highest BCUT2D eigenvalue weighted by Gasteiger charge is 2.28. The van der Waals surface area contributed by atoms with Gasteiger partial charge in [0.25, 0.3) is 17.7 Å². The Labute approximate surface area is 213 Å². The van der Waals surface area contributed by atoms with Crippen LogP contribution >= 0.6 is 0 Å². The molecule has 2 aliphatic heterocycles. The van der Waals surface area contributed by atoms with Gasteiger partial charge in [-0.2, -0.15) is 0 Å². The highest BCUT2D eigenvalue weighted by Crippen LogP contribution is 2.21. The van der Waals surface area contributed by atoms with Crippen LogP contribution in [0.15, 0.2) is 24.4 Å². The predicted octanol–water partition coefficient (Wildman–Crippen LogP) is -0.393. The van der Waals surface area contributed by atoms with E-state index in [0.29, 0.717) is 12.1 Å². The van der Waals surface area contributed by atoms with Crippen molar-refractivity contribution < 1.29 is 43.2 Å². The molecule has 2 rings (SSSR count). The summed E-state index contributed by atoms with van der Waals surface area (Å²) in [7, 11) is 0. The van der Waals surface area contributed by atoms with Crippen LogP contribution in [0.3, 0.4) is 0 Å². The summed E-state index contributed by atoms with van der Waals surface area (Å²) < 4.78 is 0. The highest BCUT2D eigenvalue weighted by molar-refractivity contribution is 6.12. The van der Waals surface area contributed by atoms with Crippen LogP contribution in [0.1, 0.15) is 57.8 Å². The van der Waals surface area contributed by atoms with E-state index in [1.54, 1.807) is 0 Å². The number of carbonyl (C=O) groups is 8. The summed E-state index contributed by atoms with van der Waals surface area (Å²) in [5.41, 5.74) is 0.404. The molecule has 2 N–H and O–H groups in total. The number of imide groups is 1. The smallest absolute Gasteiger partial charge is 0.333 e. The SMILES string of the molecule is C=C1CCC(=O)N1OC(=O)CCCC(=O)CNC(=O)CCC(=O)CNC(=O)CCCN1C(=O)C=CC1=O. The molecule has 1 fully saturated rings. The molecule has 37 heavy (non-hydrogen) atoms. The molecule has 0 aromatic heterocycles. The first-order valence-electron chi connectivity index (χ1n) is 11.9. The topological polar surface area (TPSA) is 176 Å². The average Bonchev–Trinajstić information content (AvgIpc) is 3.35. The molecule has 0 radical (unpaired) electrons. The van der Waals surface area contributed by atoms with Crippen molar-refractivity contribution in [2.45, 2.75) is 57.8 Å². The zero-order valence-electron chi connectivity index (χ0n) is 20.4. The minimum Gasteiger partial charge on any atom is -0.349 e. The van der Waals surface area contributed by atoms with E-state index in [0.717, 1.165) is 22.1 Å². The summed E-state index contributed by atoms with van der Waals surface area (Å²) in [6.07, 6.45) is 3.09. The van der Waals surface area contributed by atoms with E-state index in [4.69, 9.17) is 4.84 Å². The second-order valence-electron chi connectivity index (χ2n) is 8.47. The lowest BCUT2D eigenvalue weighted by molar-refractivity contribution is -0.186. The molecule has 0 aliphatic carbocycles. The van der Waals surface area contributed by atoms with E-state index in [-0.39, 0.29) is 88.5 Å². The van der Waals surface area contributed by atoms with Gasteiger partial charge in [-0.05, 0) is 19.3 Å². The number of allylic oxidation sites excluding steroid dienone is 1. The van der Waals surface area contributed by atoms with Crippen LogP contribution in [0.2, 0.25) is 0 Å². The van der Waals surface area contributed by atoms with Crippen LogP contribution < -0.4 is 10.6 Å². The van der Waals surface area contributed by atoms with E-state index in [9.17, 15) is 38.4 Å². The summed E-state index contributed by atoms with van der Waals surface area (Å²) in [6, 6.07) is 0. The van der Waals surface area contributed by atoms with E-state index < -0.39 is 29.6 Å². The molecule has 13 nitrogen and oxygen atoms in total. The number of Topliss-reactive ketones (excluding diaryl/α,β-unsaturated/α-hetero) is 2. The third-order valence-electron chi connectivity index (χ3n) is 5.45. The molecule has 0 bridgehead atoms. The van der Waals surface area contributed by atoms with Gasteiger partial charge >= 0.3 is 5.97 Å². The largest absolute Gasteiger partial charge is 0.349 e. The van der Waals surface area contributed by atoms with Gasteiger partial charge in [0.05, 0.1) is 18.8 Å². The number of carbonyl (C=O) groups excluding carboxylic acids is 8. The van der Waals surface area contributed by atoms with Crippen molar-refractivity contribution in [1.82, 2.24) is 20.6 Å². The van der Waals surface area contributed by atoms with E-state index >= 15 is 0 Å². The molecule has 0 saturated carbocycles. The number of hydrogen-bond donors (Lipinski definition) is 2. The van der Waals surface area contributed by atoms with Gasteiger partial charge in [0.15, 0.2) is 11.6 Å². The molecule has 0 aromatic carbocycles. The maximum Gasteiger partial charge on any atom is 0.333 e. The Morgan fingerprint density at radius 1 is 0.784 bits per heavy atom. The predicted molar refractivity (Wildman–Crippen MR) is 126 cm³/mol. The van der Waals surface area contributed by atoms with Crippen molar-refractivity contribution in [3.8, 4) is 0 Å². The van der Waals surface area contributed by atoms with Crippen molar-refractivity contribution in [1.29, 1.82) is 0 Å². The van der Waals surface area contributed by atoms with Crippen molar-refractivity contribution >= 4 is 47.1 Å². The van der Waals surface area contributed by atoms with E-state index in [1.165, 1.54) is 0 Å². The van der Waals surface area contributed by atoms with Gasteiger partial charge in [0.2, 0.25) is 11.8 Å². The third-order valence-corrected chi connectivity index (χ3v) is 5.45. The van der Waals surface area contributed by atoms with Crippen molar-refractivity contribution in [2.24, 2.45) is 0 Å². The number of hydrogen-bond acceptors (Lipinski definition) is 9. The van der Waals surface area contributed by atoms with Crippen LogP contribution in [0.25, 0.3) is 0 Å². The molecule has 13 heteroatoms. The Balaban J connectivity index is 1.49. The van der Waals surface area contributed by atoms with Crippen LogP contribution in [-0.2, 0) is 43.2 Å². The fraction of sp³-hybridized carbons (Fsp3) is 0.500. The van der Waals surface area contributed by atoms with Gasteiger partial charge in [-0.3, -0.25) is 38.5 Å². The summed E-state index contributed by atoms with van der Waals surface area (Å²) in [6.45, 7) is 3.22. The Bertz CT molecular complexity index is 984. The average molecular weight is 519 g/mol. The summed E-state index contributed by atoms with van der Waals surface area (Å²) in [4.78, 5) is 99.6. The van der Waals surface area contributed by atoms with Crippen molar-refractivity contribution in [3.63, 3.8) is 0 Å². The molecular weight excluding hydrogens is 488 g/mol. The minimum atomic E-state index is -0.659. The normalized spacial score (nSPS) is 14.8.